The maximum absolute atomic E-state index is 12.3. The quantitative estimate of drug-likeness (QED) is 0.741. The van der Waals surface area contributed by atoms with Gasteiger partial charge in [0.15, 0.2) is 0 Å². The summed E-state index contributed by atoms with van der Waals surface area (Å²) in [5.74, 6) is 0.135. The molecule has 0 atom stereocenters. The molecule has 0 aromatic rings. The van der Waals surface area contributed by atoms with Gasteiger partial charge in [-0.2, -0.15) is 0 Å². The minimum atomic E-state index is -0.656. The van der Waals surface area contributed by atoms with E-state index in [1.54, 1.807) is 0 Å². The van der Waals surface area contributed by atoms with Crippen molar-refractivity contribution in [2.75, 3.05) is 19.8 Å². The van der Waals surface area contributed by atoms with Gasteiger partial charge in [0.1, 0.15) is 0 Å². The predicted octanol–water partition coefficient (Wildman–Crippen LogP) is 0.505. The van der Waals surface area contributed by atoms with Crippen molar-refractivity contribution in [3.63, 3.8) is 0 Å². The maximum atomic E-state index is 12.3. The molecule has 1 aliphatic heterocycles. The molecular formula is C11H20N2O2. The lowest BCUT2D eigenvalue weighted by molar-refractivity contribution is -0.141. The van der Waals surface area contributed by atoms with Crippen molar-refractivity contribution in [1.29, 1.82) is 0 Å². The zero-order valence-electron chi connectivity index (χ0n) is 9.37. The standard InChI is InChI=1S/C11H20N2O2/c1-2-13(9-3-4-9)10(14)11(12)5-7-15-8-6-11/h9H,2-8,12H2,1H3. The molecule has 0 bridgehead atoms. The summed E-state index contributed by atoms with van der Waals surface area (Å²) in [6.45, 7) is 4.04. The van der Waals surface area contributed by atoms with Crippen molar-refractivity contribution >= 4 is 5.91 Å². The first kappa shape index (κ1) is 10.9. The summed E-state index contributed by atoms with van der Waals surface area (Å²) in [5.41, 5.74) is 5.52. The molecule has 2 N–H and O–H groups in total. The largest absolute Gasteiger partial charge is 0.381 e. The molecule has 86 valence electrons. The molecule has 2 aliphatic rings. The first-order valence-electron chi connectivity index (χ1n) is 5.85. The molecule has 15 heavy (non-hydrogen) atoms. The molecule has 4 nitrogen and oxygen atoms in total. The second kappa shape index (κ2) is 4.10. The second-order valence-corrected chi connectivity index (χ2v) is 4.59. The van der Waals surface area contributed by atoms with Crippen LogP contribution in [0.5, 0.6) is 0 Å². The van der Waals surface area contributed by atoms with Crippen LogP contribution in [0.15, 0.2) is 0 Å². The molecular weight excluding hydrogens is 192 g/mol. The topological polar surface area (TPSA) is 55.6 Å². The van der Waals surface area contributed by atoms with Crippen molar-refractivity contribution in [3.8, 4) is 0 Å². The molecule has 2 fully saturated rings. The Morgan fingerprint density at radius 3 is 2.53 bits per heavy atom. The Morgan fingerprint density at radius 1 is 1.47 bits per heavy atom. The van der Waals surface area contributed by atoms with Gasteiger partial charge in [0.05, 0.1) is 5.54 Å². The van der Waals surface area contributed by atoms with Gasteiger partial charge in [-0.3, -0.25) is 4.79 Å². The van der Waals surface area contributed by atoms with Crippen LogP contribution in [0.3, 0.4) is 0 Å². The number of rotatable bonds is 3. The fraction of sp³-hybridized carbons (Fsp3) is 0.909. The number of ether oxygens (including phenoxy) is 1. The van der Waals surface area contributed by atoms with Crippen LogP contribution < -0.4 is 5.73 Å². The molecule has 1 heterocycles. The van der Waals surface area contributed by atoms with Gasteiger partial charge < -0.3 is 15.4 Å². The molecule has 0 radical (unpaired) electrons. The maximum Gasteiger partial charge on any atom is 0.243 e. The van der Waals surface area contributed by atoms with Crippen LogP contribution >= 0.6 is 0 Å². The van der Waals surface area contributed by atoms with E-state index in [1.807, 2.05) is 11.8 Å². The number of hydrogen-bond donors (Lipinski definition) is 1. The third-order valence-electron chi connectivity index (χ3n) is 3.40. The average Bonchev–Trinajstić information content (AvgIpc) is 3.04. The fourth-order valence-corrected chi connectivity index (χ4v) is 2.19. The van der Waals surface area contributed by atoms with Crippen molar-refractivity contribution in [3.05, 3.63) is 0 Å². The first-order chi connectivity index (χ1) is 7.17. The Hall–Kier alpha value is -0.610. The van der Waals surface area contributed by atoms with Crippen LogP contribution in [-0.2, 0) is 9.53 Å². The van der Waals surface area contributed by atoms with Crippen molar-refractivity contribution in [1.82, 2.24) is 4.90 Å². The summed E-state index contributed by atoms with van der Waals surface area (Å²) in [5, 5.41) is 0. The van der Waals surface area contributed by atoms with Gasteiger partial charge in [0.2, 0.25) is 5.91 Å². The number of nitrogens with two attached hydrogens (primary N) is 1. The zero-order valence-corrected chi connectivity index (χ0v) is 9.37. The number of hydrogen-bond acceptors (Lipinski definition) is 3. The number of carbonyl (C=O) groups is 1. The molecule has 4 heteroatoms. The Bertz CT molecular complexity index is 245. The number of nitrogens with zero attached hydrogens (tertiary/aromatic N) is 1. The molecule has 2 rings (SSSR count). The highest BCUT2D eigenvalue weighted by Crippen LogP contribution is 2.30. The van der Waals surface area contributed by atoms with E-state index in [0.717, 1.165) is 19.4 Å². The highest BCUT2D eigenvalue weighted by Gasteiger charge is 2.42. The zero-order chi connectivity index (χ0) is 10.9. The van der Waals surface area contributed by atoms with Crippen LogP contribution in [-0.4, -0.2) is 42.1 Å². The Balaban J connectivity index is 2.03. The van der Waals surface area contributed by atoms with E-state index in [0.29, 0.717) is 32.1 Å². The van der Waals surface area contributed by atoms with E-state index in [1.165, 1.54) is 0 Å². The predicted molar refractivity (Wildman–Crippen MR) is 57.4 cm³/mol. The molecule has 1 amide bonds. The van der Waals surface area contributed by atoms with Gasteiger partial charge in [-0.1, -0.05) is 0 Å². The third kappa shape index (κ3) is 2.16. The lowest BCUT2D eigenvalue weighted by atomic mass is 9.89. The Morgan fingerprint density at radius 2 is 2.07 bits per heavy atom. The summed E-state index contributed by atoms with van der Waals surface area (Å²) in [6.07, 6.45) is 3.61. The number of amides is 1. The van der Waals surface area contributed by atoms with Crippen LogP contribution in [0.4, 0.5) is 0 Å². The second-order valence-electron chi connectivity index (χ2n) is 4.59. The van der Waals surface area contributed by atoms with Gasteiger partial charge >= 0.3 is 0 Å². The van der Waals surface area contributed by atoms with Crippen molar-refractivity contribution in [2.45, 2.75) is 44.2 Å². The van der Waals surface area contributed by atoms with E-state index in [-0.39, 0.29) is 5.91 Å². The normalized spacial score (nSPS) is 24.9. The lowest BCUT2D eigenvalue weighted by Crippen LogP contribution is -2.58. The summed E-state index contributed by atoms with van der Waals surface area (Å²) in [4.78, 5) is 14.2. The van der Waals surface area contributed by atoms with Gasteiger partial charge in [-0.25, -0.2) is 0 Å². The monoisotopic (exact) mass is 212 g/mol. The highest BCUT2D eigenvalue weighted by atomic mass is 16.5. The molecule has 1 saturated carbocycles. The SMILES string of the molecule is CCN(C(=O)C1(N)CCOCC1)C1CC1. The van der Waals surface area contributed by atoms with Crippen molar-refractivity contribution < 1.29 is 9.53 Å². The third-order valence-corrected chi connectivity index (χ3v) is 3.40. The van der Waals surface area contributed by atoms with Crippen LogP contribution in [0, 0.1) is 0 Å². The molecule has 0 unspecified atom stereocenters. The van der Waals surface area contributed by atoms with Crippen LogP contribution in [0.1, 0.15) is 32.6 Å². The highest BCUT2D eigenvalue weighted by molar-refractivity contribution is 5.86. The summed E-state index contributed by atoms with van der Waals surface area (Å²) < 4.78 is 5.25. The van der Waals surface area contributed by atoms with Gasteiger partial charge in [-0.15, -0.1) is 0 Å². The van der Waals surface area contributed by atoms with E-state index < -0.39 is 5.54 Å². The minimum absolute atomic E-state index is 0.135. The summed E-state index contributed by atoms with van der Waals surface area (Å²) in [6, 6.07) is 0.464. The Kier molecular flexibility index (Phi) is 2.98. The molecule has 1 aliphatic carbocycles. The molecule has 0 aromatic carbocycles. The fourth-order valence-electron chi connectivity index (χ4n) is 2.19. The number of likely N-dealkylation sites (N-methyl/N-ethyl adjacent to an activating group) is 1. The van der Waals surface area contributed by atoms with E-state index in [9.17, 15) is 4.79 Å². The Labute approximate surface area is 90.8 Å². The van der Waals surface area contributed by atoms with E-state index in [2.05, 4.69) is 0 Å². The van der Waals surface area contributed by atoms with Gasteiger partial charge in [0.25, 0.3) is 0 Å². The van der Waals surface area contributed by atoms with E-state index in [4.69, 9.17) is 10.5 Å². The summed E-state index contributed by atoms with van der Waals surface area (Å²) >= 11 is 0. The molecule has 0 aromatic heterocycles. The summed E-state index contributed by atoms with van der Waals surface area (Å²) in [7, 11) is 0. The van der Waals surface area contributed by atoms with Gasteiger partial charge in [0, 0.05) is 25.8 Å². The van der Waals surface area contributed by atoms with Crippen LogP contribution in [0.25, 0.3) is 0 Å². The first-order valence-corrected chi connectivity index (χ1v) is 5.85. The molecule has 0 spiro atoms. The van der Waals surface area contributed by atoms with Crippen molar-refractivity contribution in [2.24, 2.45) is 5.73 Å². The van der Waals surface area contributed by atoms with Crippen LogP contribution in [0.2, 0.25) is 0 Å². The average molecular weight is 212 g/mol. The lowest BCUT2D eigenvalue weighted by Gasteiger charge is -2.36. The molecule has 1 saturated heterocycles. The number of carbonyl (C=O) groups excluding carboxylic acids is 1. The smallest absolute Gasteiger partial charge is 0.243 e. The van der Waals surface area contributed by atoms with Gasteiger partial charge in [-0.05, 0) is 32.6 Å². The van der Waals surface area contributed by atoms with E-state index >= 15 is 0 Å². The minimum Gasteiger partial charge on any atom is -0.381 e.